The van der Waals surface area contributed by atoms with Gasteiger partial charge in [-0.15, -0.1) is 0 Å². The van der Waals surface area contributed by atoms with Crippen molar-refractivity contribution in [2.24, 2.45) is 17.3 Å². The van der Waals surface area contributed by atoms with Gasteiger partial charge in [-0.3, -0.25) is 14.4 Å². The minimum absolute atomic E-state index is 0.0623. The van der Waals surface area contributed by atoms with Crippen molar-refractivity contribution in [2.45, 2.75) is 115 Å². The van der Waals surface area contributed by atoms with Crippen LogP contribution in [0.25, 0.3) is 0 Å². The molecule has 2 aromatic carbocycles. The van der Waals surface area contributed by atoms with Crippen LogP contribution in [-0.2, 0) is 42.9 Å². The molecule has 15 heteroatoms. The number of rotatable bonds is 8. The summed E-state index contributed by atoms with van der Waals surface area (Å²) in [7, 11) is 0. The highest BCUT2D eigenvalue weighted by atomic mass is 16.6. The predicted octanol–water partition coefficient (Wildman–Crippen LogP) is 3.08. The van der Waals surface area contributed by atoms with Crippen molar-refractivity contribution in [3.8, 4) is 0 Å². The van der Waals surface area contributed by atoms with Gasteiger partial charge >= 0.3 is 24.0 Å². The Bertz CT molecular complexity index is 1980. The van der Waals surface area contributed by atoms with Gasteiger partial charge in [0.05, 0.1) is 29.5 Å². The maximum atomic E-state index is 14.7. The van der Waals surface area contributed by atoms with Gasteiger partial charge in [0.1, 0.15) is 41.4 Å². The maximum absolute atomic E-state index is 14.7. The molecular formula is C42H49NO14. The number of nitrogens with one attached hydrogen (secondary N) is 1. The van der Waals surface area contributed by atoms with E-state index in [0.29, 0.717) is 5.56 Å². The van der Waals surface area contributed by atoms with E-state index in [2.05, 4.69) is 5.32 Å². The summed E-state index contributed by atoms with van der Waals surface area (Å²) in [6, 6.07) is 14.5. The van der Waals surface area contributed by atoms with Gasteiger partial charge in [-0.2, -0.15) is 0 Å². The number of Topliss-reactive ketones (excluding diaryl/α,β-unsaturated/α-hetero) is 2. The summed E-state index contributed by atoms with van der Waals surface area (Å²) in [5.41, 5.74) is -6.77. The van der Waals surface area contributed by atoms with Gasteiger partial charge in [-0.1, -0.05) is 55.5 Å². The van der Waals surface area contributed by atoms with Crippen molar-refractivity contribution < 1.29 is 67.8 Å². The molecule has 1 aliphatic heterocycles. The molecule has 0 unspecified atom stereocenters. The minimum atomic E-state index is -2.33. The first-order valence-electron chi connectivity index (χ1n) is 18.8. The summed E-state index contributed by atoms with van der Waals surface area (Å²) in [4.78, 5) is 82.5. The highest BCUT2D eigenvalue weighted by Crippen LogP contribution is 2.60. The van der Waals surface area contributed by atoms with Crippen LogP contribution in [0.2, 0.25) is 0 Å². The Labute approximate surface area is 329 Å². The van der Waals surface area contributed by atoms with Gasteiger partial charge in [0, 0.05) is 25.7 Å². The lowest BCUT2D eigenvalue weighted by Crippen LogP contribution is -2.80. The smallest absolute Gasteiger partial charge is 0.408 e. The standard InChI is InChI=1S/C42H49NO14/c1-21-26(54-37(50)32(47)30(24-14-10-8-11-15-24)43-38(51)57-39(4,5)6)19-41(52)22(2)29(21)31(46)34(48)40(7)27(45)18-28-42(20-53-28,56-23(3)44)33(40)35(41)55-36(49)25-16-12-9-13-17-25/h8-17,22,26,28,30-33,35,46-47,52H,18-20H2,1-7H3,(H,43,51)/t22-,26+,28-,30+,31-,32-,33+,35+,40-,41+,42+/m1/s1. The fourth-order valence-electron chi connectivity index (χ4n) is 9.00. The fourth-order valence-corrected chi connectivity index (χ4v) is 9.00. The summed E-state index contributed by atoms with van der Waals surface area (Å²) in [6.07, 6.45) is -10.3. The number of ketones is 2. The normalized spacial score (nSPS) is 33.2. The Kier molecular flexibility index (Phi) is 11.0. The number of carbonyl (C=O) groups excluding carboxylic acids is 6. The summed E-state index contributed by atoms with van der Waals surface area (Å²) >= 11 is 0. The third-order valence-corrected chi connectivity index (χ3v) is 11.9. The van der Waals surface area contributed by atoms with Crippen molar-refractivity contribution in [1.29, 1.82) is 0 Å². The first-order valence-corrected chi connectivity index (χ1v) is 18.8. The molecule has 306 valence electrons. The van der Waals surface area contributed by atoms with Gasteiger partial charge in [0.25, 0.3) is 0 Å². The van der Waals surface area contributed by atoms with Crippen molar-refractivity contribution >= 4 is 35.6 Å². The quantitative estimate of drug-likeness (QED) is 0.131. The molecule has 0 aromatic heterocycles. The molecule has 2 aromatic rings. The third kappa shape index (κ3) is 7.26. The zero-order valence-corrected chi connectivity index (χ0v) is 32.8. The average molecular weight is 792 g/mol. The van der Waals surface area contributed by atoms with Crippen molar-refractivity contribution in [3.05, 3.63) is 82.9 Å². The molecule has 4 N–H and O–H groups in total. The molecule has 2 saturated carbocycles. The number of ether oxygens (including phenoxy) is 5. The first-order chi connectivity index (χ1) is 26.7. The van der Waals surface area contributed by atoms with Gasteiger partial charge in [0.15, 0.2) is 17.5 Å². The number of aliphatic hydroxyl groups excluding tert-OH is 2. The van der Waals surface area contributed by atoms with Gasteiger partial charge < -0.3 is 44.3 Å². The van der Waals surface area contributed by atoms with Gasteiger partial charge in [-0.25, -0.2) is 14.4 Å². The van der Waals surface area contributed by atoms with Gasteiger partial charge in [0.2, 0.25) is 0 Å². The van der Waals surface area contributed by atoms with Crippen molar-refractivity contribution in [2.75, 3.05) is 6.61 Å². The van der Waals surface area contributed by atoms with Crippen molar-refractivity contribution in [1.82, 2.24) is 5.32 Å². The second-order valence-electron chi connectivity index (χ2n) is 16.6. The predicted molar refractivity (Wildman–Crippen MR) is 198 cm³/mol. The molecule has 0 radical (unpaired) electrons. The highest BCUT2D eigenvalue weighted by Gasteiger charge is 2.77. The Morgan fingerprint density at radius 1 is 0.982 bits per heavy atom. The molecule has 6 rings (SSSR count). The molecular weight excluding hydrogens is 742 g/mol. The number of aliphatic hydroxyl groups is 3. The molecule has 57 heavy (non-hydrogen) atoms. The number of alkyl carbamates (subject to hydrolysis) is 1. The summed E-state index contributed by atoms with van der Waals surface area (Å²) in [5.74, 6) is -7.47. The monoisotopic (exact) mass is 791 g/mol. The third-order valence-electron chi connectivity index (χ3n) is 11.9. The van der Waals surface area contributed by atoms with E-state index in [1.807, 2.05) is 0 Å². The number of benzene rings is 2. The summed E-state index contributed by atoms with van der Waals surface area (Å²) < 4.78 is 29.2. The van der Waals surface area contributed by atoms with Crippen LogP contribution in [0.1, 0.15) is 83.3 Å². The van der Waals surface area contributed by atoms with Crippen LogP contribution in [0.3, 0.4) is 0 Å². The van der Waals surface area contributed by atoms with Crippen LogP contribution in [0.4, 0.5) is 4.79 Å². The van der Waals surface area contributed by atoms with Crippen LogP contribution < -0.4 is 5.32 Å². The van der Waals surface area contributed by atoms with E-state index < -0.39 is 113 Å². The molecule has 0 spiro atoms. The average Bonchev–Trinajstić information content (AvgIpc) is 3.15. The van der Waals surface area contributed by atoms with Crippen LogP contribution in [0, 0.1) is 17.3 Å². The lowest BCUT2D eigenvalue weighted by atomic mass is 9.47. The van der Waals surface area contributed by atoms with E-state index in [1.54, 1.807) is 69.3 Å². The minimum Gasteiger partial charge on any atom is -0.456 e. The van der Waals surface area contributed by atoms with E-state index in [1.165, 1.54) is 32.9 Å². The second kappa shape index (κ2) is 15.1. The number of hydrogen-bond donors (Lipinski definition) is 4. The number of fused-ring (bicyclic) bond motifs is 5. The molecule has 3 fully saturated rings. The Morgan fingerprint density at radius 2 is 1.60 bits per heavy atom. The molecule has 1 saturated heterocycles. The van der Waals surface area contributed by atoms with Crippen LogP contribution >= 0.6 is 0 Å². The molecule has 11 atom stereocenters. The zero-order valence-electron chi connectivity index (χ0n) is 32.8. The molecule has 2 bridgehead atoms. The Balaban J connectivity index is 1.46. The molecule has 4 aliphatic rings. The molecule has 1 amide bonds. The number of esters is 3. The number of carbonyl (C=O) groups is 6. The first kappa shape index (κ1) is 41.7. The number of amides is 1. The van der Waals surface area contributed by atoms with E-state index >= 15 is 0 Å². The van der Waals surface area contributed by atoms with Crippen molar-refractivity contribution in [3.63, 3.8) is 0 Å². The molecule has 15 nitrogen and oxygen atoms in total. The van der Waals surface area contributed by atoms with E-state index in [0.717, 1.165) is 6.92 Å². The van der Waals surface area contributed by atoms with Crippen LogP contribution in [-0.4, -0.2) is 105 Å². The fraction of sp³-hybridized carbons (Fsp3) is 0.524. The van der Waals surface area contributed by atoms with E-state index in [4.69, 9.17) is 23.7 Å². The topological polar surface area (TPSA) is 221 Å². The lowest BCUT2D eigenvalue weighted by molar-refractivity contribution is -0.319. The highest BCUT2D eigenvalue weighted by molar-refractivity contribution is 6.11. The second-order valence-corrected chi connectivity index (χ2v) is 16.6. The molecule has 1 heterocycles. The Hall–Kier alpha value is -4.96. The SMILES string of the molecule is CC(=O)O[C@@]12CO[C@@H]1CC(=O)[C@@]1(C)C(=O)[C@H](O)C3=C(C)[C@@H](OC(=O)[C@H](O)[C@@H](NC(=O)OC(C)(C)C)c4ccccc4)C[C@](O)([C@@H]3C)[C@@H](OC(=O)c3ccccc3)[C@@H]12. The van der Waals surface area contributed by atoms with Crippen LogP contribution in [0.15, 0.2) is 71.8 Å². The number of hydrogen-bond acceptors (Lipinski definition) is 14. The maximum Gasteiger partial charge on any atom is 0.408 e. The summed E-state index contributed by atoms with van der Waals surface area (Å²) in [6.45, 7) is 10.00. The summed E-state index contributed by atoms with van der Waals surface area (Å²) in [5, 5.41) is 39.2. The molecule has 3 aliphatic carbocycles. The van der Waals surface area contributed by atoms with Gasteiger partial charge in [-0.05, 0) is 63.5 Å². The van der Waals surface area contributed by atoms with E-state index in [-0.39, 0.29) is 29.7 Å². The van der Waals surface area contributed by atoms with Crippen LogP contribution in [0.5, 0.6) is 0 Å². The zero-order chi connectivity index (χ0) is 41.8. The lowest BCUT2D eigenvalue weighted by Gasteiger charge is -2.64. The largest absolute Gasteiger partial charge is 0.456 e. The van der Waals surface area contributed by atoms with E-state index in [9.17, 15) is 44.1 Å². The Morgan fingerprint density at radius 3 is 2.16 bits per heavy atom.